The zero-order chi connectivity index (χ0) is 40.8. The number of aryl methyl sites for hydroxylation is 2. The molecule has 7 nitrogen and oxygen atoms in total. The van der Waals surface area contributed by atoms with Crippen LogP contribution in [0.4, 0.5) is 5.69 Å². The number of carboxylic acids is 1. The average molecular weight is 779 g/mol. The van der Waals surface area contributed by atoms with Crippen LogP contribution in [0, 0.1) is 17.9 Å². The van der Waals surface area contributed by atoms with Crippen molar-refractivity contribution in [3.63, 3.8) is 0 Å². The van der Waals surface area contributed by atoms with E-state index in [1.807, 2.05) is 24.3 Å². The van der Waals surface area contributed by atoms with Crippen LogP contribution in [0.25, 0.3) is 38.9 Å². The Morgan fingerprint density at radius 1 is 0.783 bits per heavy atom. The highest BCUT2D eigenvalue weighted by Gasteiger charge is 2.46. The Hall–Kier alpha value is -7.74. The van der Waals surface area contributed by atoms with E-state index < -0.39 is 11.4 Å². The van der Waals surface area contributed by atoms with Crippen LogP contribution in [0.2, 0.25) is 0 Å². The van der Waals surface area contributed by atoms with Gasteiger partial charge in [-0.25, -0.2) is 19.9 Å². The maximum atomic E-state index is 11.7. The van der Waals surface area contributed by atoms with Crippen molar-refractivity contribution in [2.24, 2.45) is 0 Å². The molecule has 0 atom stereocenters. The molecule has 0 radical (unpaired) electrons. The van der Waals surface area contributed by atoms with E-state index in [0.29, 0.717) is 17.1 Å². The standard InChI is InChI=1S/C53H38N4O3/c1-55-49(33-54)40-30-43(23-14-34-28-38-8-6-26-57-27-7-9-39(29-34)51(38)57)60-50(32-40)36-17-21-42(22-18-36)53(46-12-4-2-10-44(46)45-11-3-5-13-47(45)53)41-19-15-35(16-20-41)37-24-25-56-48(31-37)52(58)59/h2-5,10-25,28-32H,6-9,26-27H2,(H,58,59)/b23-14+,49-40-. The van der Waals surface area contributed by atoms with Crippen LogP contribution in [0.5, 0.6) is 0 Å². The highest BCUT2D eigenvalue weighted by molar-refractivity contribution is 5.88. The quantitative estimate of drug-likeness (QED) is 0.128. The van der Waals surface area contributed by atoms with Crippen LogP contribution in [-0.2, 0) is 23.0 Å². The number of carbonyl (C=O) groups is 1. The first-order chi connectivity index (χ1) is 29.4. The molecule has 288 valence electrons. The van der Waals surface area contributed by atoms with Crippen molar-refractivity contribution in [1.29, 1.82) is 5.26 Å². The van der Waals surface area contributed by atoms with Crippen LogP contribution in [0.3, 0.4) is 0 Å². The summed E-state index contributed by atoms with van der Waals surface area (Å²) in [6.07, 6.45) is 13.6. The maximum Gasteiger partial charge on any atom is 0.354 e. The monoisotopic (exact) mass is 778 g/mol. The predicted octanol–water partition coefficient (Wildman–Crippen LogP) is 11.2. The molecular formula is C53H38N4O3. The Morgan fingerprint density at radius 3 is 2.00 bits per heavy atom. The Kier molecular flexibility index (Phi) is 9.08. The molecule has 1 N–H and O–H groups in total. The second-order valence-electron chi connectivity index (χ2n) is 15.6. The molecule has 1 aliphatic carbocycles. The van der Waals surface area contributed by atoms with Crippen LogP contribution in [-0.4, -0.2) is 29.1 Å². The molecule has 0 spiro atoms. The molecule has 0 amide bonds. The summed E-state index contributed by atoms with van der Waals surface area (Å²) in [5, 5.41) is 19.5. The number of fused-ring (bicyclic) bond motifs is 3. The normalized spacial score (nSPS) is 16.6. The minimum Gasteiger partial charge on any atom is -0.477 e. The first kappa shape index (κ1) is 36.6. The van der Waals surface area contributed by atoms with E-state index in [-0.39, 0.29) is 11.4 Å². The van der Waals surface area contributed by atoms with Crippen molar-refractivity contribution in [1.82, 2.24) is 4.98 Å². The lowest BCUT2D eigenvalue weighted by atomic mass is 9.67. The molecule has 0 bridgehead atoms. The fraction of sp³-hybridized carbons (Fsp3) is 0.132. The molecule has 0 saturated heterocycles. The molecule has 7 heteroatoms. The summed E-state index contributed by atoms with van der Waals surface area (Å²) in [6, 6.07) is 43.9. The van der Waals surface area contributed by atoms with E-state index in [1.54, 1.807) is 18.2 Å². The molecule has 5 aromatic carbocycles. The number of nitrogens with zero attached hydrogens (tertiary/aromatic N) is 4. The molecule has 3 aliphatic heterocycles. The molecule has 10 rings (SSSR count). The van der Waals surface area contributed by atoms with Crippen molar-refractivity contribution >= 4 is 23.5 Å². The van der Waals surface area contributed by atoms with Gasteiger partial charge in [-0.15, -0.1) is 0 Å². The van der Waals surface area contributed by atoms with E-state index in [2.05, 4.69) is 124 Å². The topological polar surface area (TPSA) is 90.8 Å². The lowest BCUT2D eigenvalue weighted by Crippen LogP contribution is -2.34. The molecule has 60 heavy (non-hydrogen) atoms. The third-order valence-corrected chi connectivity index (χ3v) is 12.3. The summed E-state index contributed by atoms with van der Waals surface area (Å²) >= 11 is 0. The number of ether oxygens (including phenoxy) is 1. The van der Waals surface area contributed by atoms with Gasteiger partial charge in [0.15, 0.2) is 0 Å². The highest BCUT2D eigenvalue weighted by atomic mass is 16.5. The van der Waals surface area contributed by atoms with Crippen molar-refractivity contribution in [2.45, 2.75) is 31.1 Å². The molecule has 0 unspecified atom stereocenters. The number of carboxylic acid groups (broad SMARTS) is 1. The fourth-order valence-corrected chi connectivity index (χ4v) is 9.69. The van der Waals surface area contributed by atoms with Crippen LogP contribution in [0.1, 0.15) is 67.8 Å². The number of nitriles is 1. The van der Waals surface area contributed by atoms with Gasteiger partial charge >= 0.3 is 5.97 Å². The molecular weight excluding hydrogens is 741 g/mol. The highest BCUT2D eigenvalue weighted by Crippen LogP contribution is 2.56. The van der Waals surface area contributed by atoms with Crippen molar-refractivity contribution in [3.05, 3.63) is 224 Å². The zero-order valence-electron chi connectivity index (χ0n) is 32.7. The number of pyridine rings is 1. The van der Waals surface area contributed by atoms with Crippen LogP contribution < -0.4 is 4.90 Å². The molecule has 4 heterocycles. The van der Waals surface area contributed by atoms with Gasteiger partial charge in [0.1, 0.15) is 17.2 Å². The van der Waals surface area contributed by atoms with Crippen molar-refractivity contribution < 1.29 is 14.6 Å². The number of aromatic carboxylic acids is 1. The second-order valence-corrected chi connectivity index (χ2v) is 15.6. The third kappa shape index (κ3) is 6.11. The van der Waals surface area contributed by atoms with Gasteiger partial charge in [-0.1, -0.05) is 103 Å². The summed E-state index contributed by atoms with van der Waals surface area (Å²) in [4.78, 5) is 21.8. The molecule has 1 aromatic heterocycles. The summed E-state index contributed by atoms with van der Waals surface area (Å²) in [7, 11) is 0. The van der Waals surface area contributed by atoms with E-state index >= 15 is 0 Å². The number of allylic oxidation sites excluding steroid dienone is 5. The first-order valence-corrected chi connectivity index (χ1v) is 20.3. The van der Waals surface area contributed by atoms with Gasteiger partial charge in [0.25, 0.3) is 5.70 Å². The maximum absolute atomic E-state index is 11.7. The Bertz CT molecular complexity index is 2860. The van der Waals surface area contributed by atoms with Gasteiger partial charge in [-0.2, -0.15) is 0 Å². The van der Waals surface area contributed by atoms with Crippen molar-refractivity contribution in [2.75, 3.05) is 18.0 Å². The van der Waals surface area contributed by atoms with Gasteiger partial charge in [-0.3, -0.25) is 0 Å². The largest absolute Gasteiger partial charge is 0.477 e. The van der Waals surface area contributed by atoms with Gasteiger partial charge in [0.05, 0.1) is 18.1 Å². The SMILES string of the molecule is [C-]#[N+]/C(C#N)=C1C=C(/C=C/c2cc3c4c(c2)CCCN4CCC3)OC(c2ccc(C3(c4ccc(-c5ccnc(C(=O)O)c5)cc4)c4ccccc4-c4ccccc43)cc2)=C/1. The van der Waals surface area contributed by atoms with Gasteiger partial charge in [0.2, 0.25) is 0 Å². The van der Waals surface area contributed by atoms with E-state index in [0.717, 1.165) is 83.3 Å². The number of hydrogen-bond donors (Lipinski definition) is 1. The third-order valence-electron chi connectivity index (χ3n) is 12.3. The summed E-state index contributed by atoms with van der Waals surface area (Å²) < 4.78 is 6.57. The number of hydrogen-bond acceptors (Lipinski definition) is 5. The van der Waals surface area contributed by atoms with E-state index in [4.69, 9.17) is 11.3 Å². The fourth-order valence-electron chi connectivity index (χ4n) is 9.69. The summed E-state index contributed by atoms with van der Waals surface area (Å²) in [5.74, 6) is 0.0361. The molecule has 0 saturated carbocycles. The lowest BCUT2D eigenvalue weighted by molar-refractivity contribution is 0.0690. The second kappa shape index (κ2) is 14.9. The summed E-state index contributed by atoms with van der Waals surface area (Å²) in [6.45, 7) is 10.0. The number of aromatic nitrogens is 1. The van der Waals surface area contributed by atoms with Crippen molar-refractivity contribution in [3.8, 4) is 28.3 Å². The van der Waals surface area contributed by atoms with E-state index in [1.165, 1.54) is 34.1 Å². The molecule has 0 fully saturated rings. The average Bonchev–Trinajstić information content (AvgIpc) is 3.60. The van der Waals surface area contributed by atoms with E-state index in [9.17, 15) is 15.2 Å². The minimum atomic E-state index is -1.07. The van der Waals surface area contributed by atoms with Crippen LogP contribution in [0.15, 0.2) is 163 Å². The van der Waals surface area contributed by atoms with Crippen LogP contribution >= 0.6 is 0 Å². The molecule has 4 aliphatic rings. The number of benzene rings is 5. The zero-order valence-corrected chi connectivity index (χ0v) is 32.7. The number of rotatable bonds is 7. The minimum absolute atomic E-state index is 0.00154. The Morgan fingerprint density at radius 2 is 1.40 bits per heavy atom. The van der Waals surface area contributed by atoms with Gasteiger partial charge in [-0.05, 0) is 135 Å². The predicted molar refractivity (Wildman–Crippen MR) is 235 cm³/mol. The molecule has 6 aromatic rings. The lowest BCUT2D eigenvalue weighted by Gasteiger charge is -2.37. The first-order valence-electron chi connectivity index (χ1n) is 20.3. The number of anilines is 1. The van der Waals surface area contributed by atoms with Gasteiger partial charge < -0.3 is 14.7 Å². The Labute approximate surface area is 349 Å². The smallest absolute Gasteiger partial charge is 0.354 e. The van der Waals surface area contributed by atoms with Gasteiger partial charge in [0, 0.05) is 30.5 Å². The Balaban J connectivity index is 1.03. The summed E-state index contributed by atoms with van der Waals surface area (Å²) in [5.41, 5.74) is 14.5.